The molecule has 1 fully saturated rings. The molecule has 2 aliphatic heterocycles. The summed E-state index contributed by atoms with van der Waals surface area (Å²) in [5, 5.41) is 8.48. The Hall–Kier alpha value is -2.77. The minimum atomic E-state index is -0.426. The summed E-state index contributed by atoms with van der Waals surface area (Å²) < 4.78 is 13.2. The van der Waals surface area contributed by atoms with Gasteiger partial charge in [0.2, 0.25) is 11.8 Å². The molecule has 0 radical (unpaired) electrons. The number of Topliss-reactive ketones (excluding diaryl/α,β-unsaturated/α-hetero) is 1. The van der Waals surface area contributed by atoms with Crippen molar-refractivity contribution in [3.63, 3.8) is 0 Å². The van der Waals surface area contributed by atoms with Crippen LogP contribution in [0.2, 0.25) is 0 Å². The molecule has 0 unspecified atom stereocenters. The molecule has 0 bridgehead atoms. The maximum Gasteiger partial charge on any atom is 0.247 e. The predicted molar refractivity (Wildman–Crippen MR) is 126 cm³/mol. The van der Waals surface area contributed by atoms with Crippen molar-refractivity contribution in [3.8, 4) is 17.2 Å². The molecule has 3 aromatic rings. The first-order chi connectivity index (χ1) is 15.4. The minimum absolute atomic E-state index is 0.158. The molecule has 6 nitrogen and oxygen atoms in total. The molecule has 1 spiro atoms. The van der Waals surface area contributed by atoms with Crippen molar-refractivity contribution in [1.82, 2.24) is 15.1 Å². The molecule has 7 heteroatoms. The van der Waals surface area contributed by atoms with E-state index in [1.807, 2.05) is 49.4 Å². The first kappa shape index (κ1) is 21.1. The number of halogens is 1. The highest BCUT2D eigenvalue weighted by atomic mass is 79.9. The maximum atomic E-state index is 12.7. The zero-order chi connectivity index (χ0) is 22.3. The van der Waals surface area contributed by atoms with Gasteiger partial charge in [-0.25, -0.2) is 0 Å². The largest absolute Gasteiger partial charge is 0.486 e. The number of aryl methyl sites for hydroxylation is 1. The number of aromatic nitrogens is 2. The third-order valence-electron chi connectivity index (χ3n) is 6.39. The summed E-state index contributed by atoms with van der Waals surface area (Å²) in [5.74, 6) is 1.94. The van der Waals surface area contributed by atoms with E-state index in [2.05, 4.69) is 37.6 Å². The lowest BCUT2D eigenvalue weighted by Crippen LogP contribution is -2.50. The Kier molecular flexibility index (Phi) is 5.47. The quantitative estimate of drug-likeness (QED) is 0.481. The lowest BCUT2D eigenvalue weighted by molar-refractivity contribution is -0.0123. The Morgan fingerprint density at radius 2 is 2.00 bits per heavy atom. The fraction of sp³-hybridized carbons (Fsp3) is 0.320. The molecule has 2 aliphatic rings. The van der Waals surface area contributed by atoms with Gasteiger partial charge in [0.15, 0.2) is 5.78 Å². The molecule has 0 aliphatic carbocycles. The SMILES string of the molecule is C=Cc1cc(-c2nnc(CN3CCC4(CC3)CC(=O)c3ccc(Br)cc3O4)o2)ccc1C. The van der Waals surface area contributed by atoms with Crippen molar-refractivity contribution in [1.29, 1.82) is 0 Å². The predicted octanol–water partition coefficient (Wildman–Crippen LogP) is 5.45. The lowest BCUT2D eigenvalue weighted by Gasteiger charge is -2.43. The Balaban J connectivity index is 1.24. The molecule has 5 rings (SSSR count). The van der Waals surface area contributed by atoms with Gasteiger partial charge >= 0.3 is 0 Å². The van der Waals surface area contributed by atoms with Gasteiger partial charge in [-0.05, 0) is 48.4 Å². The number of ketones is 1. The molecular formula is C25H24BrN3O3. The first-order valence-electron chi connectivity index (χ1n) is 10.7. The average Bonchev–Trinajstić information content (AvgIpc) is 3.24. The molecule has 1 saturated heterocycles. The van der Waals surface area contributed by atoms with Crippen molar-refractivity contribution in [3.05, 3.63) is 70.0 Å². The molecule has 1 aromatic heterocycles. The Morgan fingerprint density at radius 1 is 1.19 bits per heavy atom. The van der Waals surface area contributed by atoms with Crippen LogP contribution in [-0.2, 0) is 6.54 Å². The molecule has 0 N–H and O–H groups in total. The second kappa shape index (κ2) is 8.30. The van der Waals surface area contributed by atoms with Gasteiger partial charge in [0.25, 0.3) is 0 Å². The van der Waals surface area contributed by atoms with Gasteiger partial charge in [-0.1, -0.05) is 34.7 Å². The molecule has 2 aromatic carbocycles. The number of nitrogens with zero attached hydrogens (tertiary/aromatic N) is 3. The van der Waals surface area contributed by atoms with Gasteiger partial charge in [-0.15, -0.1) is 10.2 Å². The smallest absolute Gasteiger partial charge is 0.247 e. The highest BCUT2D eigenvalue weighted by Gasteiger charge is 2.43. The molecule has 164 valence electrons. The van der Waals surface area contributed by atoms with E-state index in [1.54, 1.807) is 0 Å². The Bertz CT molecular complexity index is 1190. The molecule has 0 amide bonds. The van der Waals surface area contributed by atoms with Gasteiger partial charge in [0, 0.05) is 36.0 Å². The summed E-state index contributed by atoms with van der Waals surface area (Å²) in [6, 6.07) is 11.6. The number of rotatable bonds is 4. The molecular weight excluding hydrogens is 470 g/mol. The van der Waals surface area contributed by atoms with Gasteiger partial charge in [0.05, 0.1) is 18.5 Å². The summed E-state index contributed by atoms with van der Waals surface area (Å²) in [4.78, 5) is 15.0. The number of piperidine rings is 1. The van der Waals surface area contributed by atoms with E-state index < -0.39 is 5.60 Å². The summed E-state index contributed by atoms with van der Waals surface area (Å²) in [5.41, 5.74) is 3.35. The second-order valence-electron chi connectivity index (χ2n) is 8.58. The van der Waals surface area contributed by atoms with E-state index in [1.165, 1.54) is 0 Å². The summed E-state index contributed by atoms with van der Waals surface area (Å²) >= 11 is 3.47. The van der Waals surface area contributed by atoms with E-state index in [9.17, 15) is 4.79 Å². The number of hydrogen-bond acceptors (Lipinski definition) is 6. The second-order valence-corrected chi connectivity index (χ2v) is 9.49. The fourth-order valence-corrected chi connectivity index (χ4v) is 4.82. The topological polar surface area (TPSA) is 68.5 Å². The third-order valence-corrected chi connectivity index (χ3v) is 6.89. The highest BCUT2D eigenvalue weighted by Crippen LogP contribution is 2.40. The molecule has 3 heterocycles. The van der Waals surface area contributed by atoms with Crippen molar-refractivity contribution in [2.75, 3.05) is 13.1 Å². The Labute approximate surface area is 195 Å². The zero-order valence-electron chi connectivity index (χ0n) is 17.9. The lowest BCUT2D eigenvalue weighted by atomic mass is 9.82. The monoisotopic (exact) mass is 493 g/mol. The molecule has 0 saturated carbocycles. The fourth-order valence-electron chi connectivity index (χ4n) is 4.48. The van der Waals surface area contributed by atoms with Crippen LogP contribution < -0.4 is 4.74 Å². The van der Waals surface area contributed by atoms with E-state index in [0.717, 1.165) is 47.1 Å². The third kappa shape index (κ3) is 4.02. The van der Waals surface area contributed by atoms with E-state index >= 15 is 0 Å². The van der Waals surface area contributed by atoms with Crippen LogP contribution in [0.1, 0.15) is 46.6 Å². The van der Waals surface area contributed by atoms with Crippen LogP contribution in [0.25, 0.3) is 17.5 Å². The van der Waals surface area contributed by atoms with Crippen LogP contribution in [0.3, 0.4) is 0 Å². The number of benzene rings is 2. The summed E-state index contributed by atoms with van der Waals surface area (Å²) in [6.45, 7) is 8.10. The Morgan fingerprint density at radius 3 is 2.78 bits per heavy atom. The normalized spacial score (nSPS) is 17.8. The summed E-state index contributed by atoms with van der Waals surface area (Å²) in [7, 11) is 0. The van der Waals surface area contributed by atoms with Crippen LogP contribution in [0.4, 0.5) is 0 Å². The van der Waals surface area contributed by atoms with Crippen molar-refractivity contribution in [2.24, 2.45) is 0 Å². The molecule has 0 atom stereocenters. The van der Waals surface area contributed by atoms with Crippen LogP contribution >= 0.6 is 15.9 Å². The van der Waals surface area contributed by atoms with Crippen molar-refractivity contribution >= 4 is 27.8 Å². The van der Waals surface area contributed by atoms with Crippen LogP contribution in [-0.4, -0.2) is 39.6 Å². The van der Waals surface area contributed by atoms with E-state index in [0.29, 0.717) is 36.1 Å². The number of likely N-dealkylation sites (tertiary alicyclic amines) is 1. The summed E-state index contributed by atoms with van der Waals surface area (Å²) in [6.07, 6.45) is 3.83. The van der Waals surface area contributed by atoms with Gasteiger partial charge in [0.1, 0.15) is 11.4 Å². The van der Waals surface area contributed by atoms with Crippen molar-refractivity contribution < 1.29 is 13.9 Å². The van der Waals surface area contributed by atoms with Crippen LogP contribution in [0, 0.1) is 6.92 Å². The number of carbonyl (C=O) groups is 1. The van der Waals surface area contributed by atoms with Crippen molar-refractivity contribution in [2.45, 2.75) is 38.3 Å². The first-order valence-corrected chi connectivity index (χ1v) is 11.5. The van der Waals surface area contributed by atoms with E-state index in [-0.39, 0.29) is 5.78 Å². The molecule has 32 heavy (non-hydrogen) atoms. The number of ether oxygens (including phenoxy) is 1. The number of carbonyl (C=O) groups excluding carboxylic acids is 1. The minimum Gasteiger partial charge on any atom is -0.486 e. The van der Waals surface area contributed by atoms with Gasteiger partial charge < -0.3 is 9.15 Å². The maximum absolute atomic E-state index is 12.7. The number of fused-ring (bicyclic) bond motifs is 1. The average molecular weight is 494 g/mol. The highest BCUT2D eigenvalue weighted by molar-refractivity contribution is 9.10. The van der Waals surface area contributed by atoms with Gasteiger partial charge in [-0.3, -0.25) is 9.69 Å². The zero-order valence-corrected chi connectivity index (χ0v) is 19.5. The van der Waals surface area contributed by atoms with Gasteiger partial charge in [-0.2, -0.15) is 0 Å². The van der Waals surface area contributed by atoms with Crippen LogP contribution in [0.5, 0.6) is 5.75 Å². The standard InChI is InChI=1S/C25H24BrN3O3/c1-3-17-12-18(5-4-16(17)2)24-28-27-23(31-24)15-29-10-8-25(9-11-29)14-21(30)20-7-6-19(26)13-22(20)32-25/h3-7,12-13H,1,8-11,14-15H2,2H3. The number of hydrogen-bond donors (Lipinski definition) is 0. The van der Waals surface area contributed by atoms with Crippen LogP contribution in [0.15, 0.2) is 51.9 Å². The van der Waals surface area contributed by atoms with E-state index in [4.69, 9.17) is 9.15 Å².